The SMILES string of the molecule is CCNC(=NCc1cccc(C)c1)NCCCC(=O)NC1CC1.I. The summed E-state index contributed by atoms with van der Waals surface area (Å²) < 4.78 is 0. The van der Waals surface area contributed by atoms with Crippen molar-refractivity contribution in [2.75, 3.05) is 13.1 Å². The van der Waals surface area contributed by atoms with E-state index in [-0.39, 0.29) is 29.9 Å². The summed E-state index contributed by atoms with van der Waals surface area (Å²) in [6.07, 6.45) is 3.66. The van der Waals surface area contributed by atoms with Crippen LogP contribution in [0.5, 0.6) is 0 Å². The molecule has 0 atom stereocenters. The lowest BCUT2D eigenvalue weighted by atomic mass is 10.1. The number of amides is 1. The minimum atomic E-state index is 0. The van der Waals surface area contributed by atoms with Crippen molar-refractivity contribution in [3.8, 4) is 0 Å². The third-order valence-electron chi connectivity index (χ3n) is 3.66. The van der Waals surface area contributed by atoms with Crippen molar-refractivity contribution in [2.45, 2.75) is 52.1 Å². The van der Waals surface area contributed by atoms with Crippen molar-refractivity contribution in [1.82, 2.24) is 16.0 Å². The lowest BCUT2D eigenvalue weighted by Gasteiger charge is -2.11. The number of rotatable bonds is 8. The number of nitrogens with zero attached hydrogens (tertiary/aromatic N) is 1. The quantitative estimate of drug-likeness (QED) is 0.250. The number of hydrogen-bond donors (Lipinski definition) is 3. The highest BCUT2D eigenvalue weighted by Crippen LogP contribution is 2.18. The number of halogens is 1. The maximum Gasteiger partial charge on any atom is 0.220 e. The molecule has 1 aliphatic carbocycles. The molecule has 6 heteroatoms. The second-order valence-corrected chi connectivity index (χ2v) is 6.06. The molecule has 0 unspecified atom stereocenters. The van der Waals surface area contributed by atoms with Crippen molar-refractivity contribution in [2.24, 2.45) is 4.99 Å². The molecule has 0 saturated heterocycles. The van der Waals surface area contributed by atoms with Crippen molar-refractivity contribution >= 4 is 35.8 Å². The summed E-state index contributed by atoms with van der Waals surface area (Å²) in [7, 11) is 0. The van der Waals surface area contributed by atoms with Crippen molar-refractivity contribution in [3.05, 3.63) is 35.4 Å². The van der Waals surface area contributed by atoms with Gasteiger partial charge < -0.3 is 16.0 Å². The van der Waals surface area contributed by atoms with E-state index in [1.165, 1.54) is 11.1 Å². The van der Waals surface area contributed by atoms with Crippen LogP contribution in [0.25, 0.3) is 0 Å². The van der Waals surface area contributed by atoms with E-state index >= 15 is 0 Å². The van der Waals surface area contributed by atoms with Crippen LogP contribution >= 0.6 is 24.0 Å². The van der Waals surface area contributed by atoms with E-state index in [0.29, 0.717) is 19.0 Å². The zero-order chi connectivity index (χ0) is 16.5. The standard InChI is InChI=1S/C18H28N4O.HI/c1-3-19-18(21-13-15-7-4-6-14(2)12-15)20-11-5-8-17(23)22-16-9-10-16;/h4,6-7,12,16H,3,5,8-11,13H2,1-2H3,(H,22,23)(H2,19,20,21);1H. The summed E-state index contributed by atoms with van der Waals surface area (Å²) in [6.45, 7) is 6.36. The van der Waals surface area contributed by atoms with Crippen LogP contribution in [-0.2, 0) is 11.3 Å². The summed E-state index contributed by atoms with van der Waals surface area (Å²) in [5.74, 6) is 0.965. The molecular weight excluding hydrogens is 415 g/mol. The van der Waals surface area contributed by atoms with Crippen LogP contribution in [0.1, 0.15) is 43.7 Å². The number of aliphatic imine (C=N–C) groups is 1. The second-order valence-electron chi connectivity index (χ2n) is 6.06. The Labute approximate surface area is 162 Å². The summed E-state index contributed by atoms with van der Waals surface area (Å²) in [5.41, 5.74) is 2.45. The molecule has 0 bridgehead atoms. The van der Waals surface area contributed by atoms with Crippen LogP contribution in [-0.4, -0.2) is 31.0 Å². The van der Waals surface area contributed by atoms with Gasteiger partial charge in [0.05, 0.1) is 6.54 Å². The van der Waals surface area contributed by atoms with E-state index in [1.54, 1.807) is 0 Å². The van der Waals surface area contributed by atoms with Gasteiger partial charge in [-0.2, -0.15) is 0 Å². The van der Waals surface area contributed by atoms with Crippen LogP contribution in [0.15, 0.2) is 29.3 Å². The Balaban J connectivity index is 0.00000288. The van der Waals surface area contributed by atoms with Crippen molar-refractivity contribution in [3.63, 3.8) is 0 Å². The smallest absolute Gasteiger partial charge is 0.220 e. The van der Waals surface area contributed by atoms with Gasteiger partial charge in [0.25, 0.3) is 0 Å². The van der Waals surface area contributed by atoms with Crippen LogP contribution in [0, 0.1) is 6.92 Å². The lowest BCUT2D eigenvalue weighted by Crippen LogP contribution is -2.38. The van der Waals surface area contributed by atoms with Gasteiger partial charge in [-0.15, -0.1) is 24.0 Å². The molecule has 134 valence electrons. The lowest BCUT2D eigenvalue weighted by molar-refractivity contribution is -0.121. The highest BCUT2D eigenvalue weighted by Gasteiger charge is 2.22. The molecule has 0 aromatic heterocycles. The predicted octanol–water partition coefficient (Wildman–Crippen LogP) is 2.73. The van der Waals surface area contributed by atoms with Gasteiger partial charge in [0.2, 0.25) is 5.91 Å². The van der Waals surface area contributed by atoms with Gasteiger partial charge in [0.1, 0.15) is 0 Å². The zero-order valence-electron chi connectivity index (χ0n) is 14.6. The first-order valence-corrected chi connectivity index (χ1v) is 8.54. The number of aryl methyl sites for hydroxylation is 1. The topological polar surface area (TPSA) is 65.5 Å². The fraction of sp³-hybridized carbons (Fsp3) is 0.556. The molecule has 0 radical (unpaired) electrons. The molecule has 1 saturated carbocycles. The maximum atomic E-state index is 11.6. The molecule has 24 heavy (non-hydrogen) atoms. The van der Waals surface area contributed by atoms with Gasteiger partial charge in [-0.05, 0) is 38.7 Å². The van der Waals surface area contributed by atoms with Gasteiger partial charge in [0, 0.05) is 25.6 Å². The van der Waals surface area contributed by atoms with Crippen LogP contribution < -0.4 is 16.0 Å². The van der Waals surface area contributed by atoms with Crippen LogP contribution in [0.4, 0.5) is 0 Å². The first kappa shape index (κ1) is 20.7. The number of guanidine groups is 1. The third-order valence-corrected chi connectivity index (χ3v) is 3.66. The maximum absolute atomic E-state index is 11.6. The highest BCUT2D eigenvalue weighted by atomic mass is 127. The van der Waals surface area contributed by atoms with E-state index in [9.17, 15) is 4.79 Å². The normalized spacial score (nSPS) is 13.8. The Morgan fingerprint density at radius 2 is 2.08 bits per heavy atom. The predicted molar refractivity (Wildman–Crippen MR) is 110 cm³/mol. The summed E-state index contributed by atoms with van der Waals surface area (Å²) in [4.78, 5) is 16.2. The van der Waals surface area contributed by atoms with E-state index in [4.69, 9.17) is 0 Å². The largest absolute Gasteiger partial charge is 0.357 e. The van der Waals surface area contributed by atoms with E-state index in [2.05, 4.69) is 52.1 Å². The van der Waals surface area contributed by atoms with Gasteiger partial charge in [0.15, 0.2) is 5.96 Å². The molecule has 1 aliphatic rings. The molecule has 1 aromatic carbocycles. The molecule has 0 heterocycles. The van der Waals surface area contributed by atoms with Crippen LogP contribution in [0.2, 0.25) is 0 Å². The fourth-order valence-electron chi connectivity index (χ4n) is 2.31. The summed E-state index contributed by atoms with van der Waals surface area (Å²) in [5, 5.41) is 9.53. The minimum absolute atomic E-state index is 0. The van der Waals surface area contributed by atoms with Gasteiger partial charge >= 0.3 is 0 Å². The molecule has 1 aromatic rings. The molecule has 0 spiro atoms. The Hall–Kier alpha value is -1.31. The zero-order valence-corrected chi connectivity index (χ0v) is 16.9. The molecular formula is C18H29IN4O. The number of carbonyl (C=O) groups excluding carboxylic acids is 1. The highest BCUT2D eigenvalue weighted by molar-refractivity contribution is 14.0. The number of carbonyl (C=O) groups is 1. The first-order valence-electron chi connectivity index (χ1n) is 8.54. The summed E-state index contributed by atoms with van der Waals surface area (Å²) in [6, 6.07) is 8.82. The second kappa shape index (κ2) is 11.3. The minimum Gasteiger partial charge on any atom is -0.357 e. The number of nitrogens with one attached hydrogen (secondary N) is 3. The van der Waals surface area contributed by atoms with E-state index in [0.717, 1.165) is 38.3 Å². The van der Waals surface area contributed by atoms with E-state index in [1.807, 2.05) is 6.92 Å². The molecule has 3 N–H and O–H groups in total. The number of benzene rings is 1. The average molecular weight is 444 g/mol. The van der Waals surface area contributed by atoms with Crippen molar-refractivity contribution in [1.29, 1.82) is 0 Å². The Bertz CT molecular complexity index is 544. The fourth-order valence-corrected chi connectivity index (χ4v) is 2.31. The molecule has 2 rings (SSSR count). The van der Waals surface area contributed by atoms with Gasteiger partial charge in [-0.25, -0.2) is 4.99 Å². The Morgan fingerprint density at radius 3 is 2.75 bits per heavy atom. The molecule has 5 nitrogen and oxygen atoms in total. The number of hydrogen-bond acceptors (Lipinski definition) is 2. The summed E-state index contributed by atoms with van der Waals surface area (Å²) >= 11 is 0. The van der Waals surface area contributed by atoms with Gasteiger partial charge in [-0.1, -0.05) is 29.8 Å². The Morgan fingerprint density at radius 1 is 1.29 bits per heavy atom. The van der Waals surface area contributed by atoms with Crippen LogP contribution in [0.3, 0.4) is 0 Å². The van der Waals surface area contributed by atoms with Crippen molar-refractivity contribution < 1.29 is 4.79 Å². The first-order chi connectivity index (χ1) is 11.2. The Kier molecular flexibility index (Phi) is 9.75. The monoisotopic (exact) mass is 444 g/mol. The average Bonchev–Trinajstić information content (AvgIpc) is 3.33. The molecule has 1 fully saturated rings. The molecule has 0 aliphatic heterocycles. The third kappa shape index (κ3) is 8.52. The van der Waals surface area contributed by atoms with E-state index < -0.39 is 0 Å². The van der Waals surface area contributed by atoms with Gasteiger partial charge in [-0.3, -0.25) is 4.79 Å². The molecule has 1 amide bonds.